The van der Waals surface area contributed by atoms with Crippen molar-refractivity contribution in [2.24, 2.45) is 0 Å². The van der Waals surface area contributed by atoms with E-state index in [1.165, 1.54) is 12.8 Å². The highest BCUT2D eigenvalue weighted by molar-refractivity contribution is 5.77. The number of hydrogen-bond acceptors (Lipinski definition) is 3. The molecule has 1 unspecified atom stereocenters. The Morgan fingerprint density at radius 1 is 1.47 bits per heavy atom. The minimum absolute atomic E-state index is 0.217. The molecule has 1 saturated heterocycles. The Labute approximate surface area is 117 Å². The third-order valence-corrected chi connectivity index (χ3v) is 3.87. The lowest BCUT2D eigenvalue weighted by Crippen LogP contribution is -2.44. The van der Waals surface area contributed by atoms with E-state index in [-0.39, 0.29) is 11.5 Å². The molecule has 19 heavy (non-hydrogen) atoms. The van der Waals surface area contributed by atoms with Crippen LogP contribution in [0.5, 0.6) is 0 Å². The van der Waals surface area contributed by atoms with Gasteiger partial charge in [-0.25, -0.2) is 0 Å². The second-order valence-corrected chi connectivity index (χ2v) is 6.13. The van der Waals surface area contributed by atoms with Crippen LogP contribution in [0.15, 0.2) is 0 Å². The molecule has 0 saturated carbocycles. The van der Waals surface area contributed by atoms with Crippen LogP contribution >= 0.6 is 0 Å². The summed E-state index contributed by atoms with van der Waals surface area (Å²) in [4.78, 5) is 14.5. The highest BCUT2D eigenvalue weighted by Gasteiger charge is 2.26. The first-order valence-corrected chi connectivity index (χ1v) is 7.55. The number of carbonyl (C=O) groups excluding carboxylic acids is 1. The van der Waals surface area contributed by atoms with Gasteiger partial charge in [0, 0.05) is 26.2 Å². The average Bonchev–Trinajstić information content (AvgIpc) is 2.86. The van der Waals surface area contributed by atoms with Crippen molar-refractivity contribution in [3.8, 4) is 0 Å². The van der Waals surface area contributed by atoms with E-state index in [0.717, 1.165) is 32.5 Å². The normalized spacial score (nSPS) is 19.7. The molecule has 1 heterocycles. The lowest BCUT2D eigenvalue weighted by molar-refractivity contribution is -0.136. The number of nitrogens with one attached hydrogen (secondary N) is 1. The molecule has 1 fully saturated rings. The van der Waals surface area contributed by atoms with Crippen molar-refractivity contribution >= 4 is 5.91 Å². The number of rotatable bonds is 8. The molecular formula is C15H30N2O2. The fourth-order valence-electron chi connectivity index (χ4n) is 2.39. The van der Waals surface area contributed by atoms with Crippen LogP contribution in [-0.2, 0) is 9.53 Å². The van der Waals surface area contributed by atoms with Gasteiger partial charge in [-0.3, -0.25) is 4.79 Å². The van der Waals surface area contributed by atoms with Gasteiger partial charge in [-0.1, -0.05) is 13.3 Å². The van der Waals surface area contributed by atoms with Crippen LogP contribution in [-0.4, -0.2) is 49.2 Å². The van der Waals surface area contributed by atoms with Crippen molar-refractivity contribution in [1.82, 2.24) is 10.2 Å². The van der Waals surface area contributed by atoms with E-state index in [2.05, 4.69) is 12.2 Å². The second-order valence-electron chi connectivity index (χ2n) is 6.13. The van der Waals surface area contributed by atoms with Gasteiger partial charge in [-0.15, -0.1) is 0 Å². The van der Waals surface area contributed by atoms with Crippen molar-refractivity contribution in [1.29, 1.82) is 0 Å². The molecule has 0 aromatic rings. The molecule has 1 rings (SSSR count). The molecule has 4 nitrogen and oxygen atoms in total. The molecule has 0 radical (unpaired) electrons. The zero-order valence-electron chi connectivity index (χ0n) is 13.0. The Balaban J connectivity index is 2.53. The van der Waals surface area contributed by atoms with Crippen LogP contribution in [0.1, 0.15) is 52.9 Å². The fraction of sp³-hybridized carbons (Fsp3) is 0.933. The Bertz CT molecular complexity index is 273. The van der Waals surface area contributed by atoms with E-state index < -0.39 is 0 Å². The highest BCUT2D eigenvalue weighted by Crippen LogP contribution is 2.16. The van der Waals surface area contributed by atoms with Crippen LogP contribution in [0.3, 0.4) is 0 Å². The van der Waals surface area contributed by atoms with Crippen molar-refractivity contribution < 1.29 is 9.53 Å². The predicted octanol–water partition coefficient (Wildman–Crippen LogP) is 2.18. The summed E-state index contributed by atoms with van der Waals surface area (Å²) in [7, 11) is 1.67. The number of amides is 1. The van der Waals surface area contributed by atoms with E-state index in [1.54, 1.807) is 7.11 Å². The average molecular weight is 270 g/mol. The molecule has 0 aromatic heterocycles. The van der Waals surface area contributed by atoms with E-state index in [1.807, 2.05) is 18.7 Å². The van der Waals surface area contributed by atoms with Crippen LogP contribution in [0.2, 0.25) is 0 Å². The Hall–Kier alpha value is -0.610. The van der Waals surface area contributed by atoms with Gasteiger partial charge in [0.15, 0.2) is 0 Å². The molecule has 0 bridgehead atoms. The molecule has 1 aliphatic rings. The minimum Gasteiger partial charge on any atom is -0.378 e. The predicted molar refractivity (Wildman–Crippen MR) is 78.2 cm³/mol. The monoisotopic (exact) mass is 270 g/mol. The van der Waals surface area contributed by atoms with Gasteiger partial charge in [0.25, 0.3) is 0 Å². The van der Waals surface area contributed by atoms with Crippen molar-refractivity contribution in [2.75, 3.05) is 26.7 Å². The van der Waals surface area contributed by atoms with Crippen LogP contribution in [0, 0.1) is 0 Å². The van der Waals surface area contributed by atoms with E-state index >= 15 is 0 Å². The van der Waals surface area contributed by atoms with E-state index in [0.29, 0.717) is 12.5 Å². The van der Waals surface area contributed by atoms with Gasteiger partial charge in [0.05, 0.1) is 12.0 Å². The maximum Gasteiger partial charge on any atom is 0.225 e. The molecule has 4 heteroatoms. The Morgan fingerprint density at radius 2 is 2.21 bits per heavy atom. The molecule has 1 amide bonds. The number of nitrogens with zero attached hydrogens (tertiary/aromatic N) is 1. The topological polar surface area (TPSA) is 41.6 Å². The molecular weight excluding hydrogens is 240 g/mol. The molecule has 112 valence electrons. The fourth-order valence-corrected chi connectivity index (χ4v) is 2.39. The molecule has 0 spiro atoms. The first-order chi connectivity index (χ1) is 8.98. The van der Waals surface area contributed by atoms with E-state index in [4.69, 9.17) is 4.74 Å². The third-order valence-electron chi connectivity index (χ3n) is 3.87. The van der Waals surface area contributed by atoms with Gasteiger partial charge in [0.2, 0.25) is 5.91 Å². The molecule has 1 N–H and O–H groups in total. The number of hydrogen-bond donors (Lipinski definition) is 1. The first kappa shape index (κ1) is 16.4. The van der Waals surface area contributed by atoms with Gasteiger partial charge in [-0.2, -0.15) is 0 Å². The Morgan fingerprint density at radius 3 is 2.74 bits per heavy atom. The zero-order valence-corrected chi connectivity index (χ0v) is 13.0. The quantitative estimate of drug-likeness (QED) is 0.735. The number of unbranched alkanes of at least 4 members (excludes halogenated alkanes) is 1. The summed E-state index contributed by atoms with van der Waals surface area (Å²) < 4.78 is 5.37. The third kappa shape index (κ3) is 5.91. The van der Waals surface area contributed by atoms with Crippen molar-refractivity contribution in [3.05, 3.63) is 0 Å². The number of methoxy groups -OCH3 is 1. The smallest absolute Gasteiger partial charge is 0.225 e. The molecule has 0 aromatic carbocycles. The van der Waals surface area contributed by atoms with Gasteiger partial charge in [-0.05, 0) is 39.7 Å². The summed E-state index contributed by atoms with van der Waals surface area (Å²) in [6.07, 6.45) is 5.06. The van der Waals surface area contributed by atoms with Crippen LogP contribution < -0.4 is 5.32 Å². The first-order valence-electron chi connectivity index (χ1n) is 7.55. The van der Waals surface area contributed by atoms with Crippen molar-refractivity contribution in [3.63, 3.8) is 0 Å². The van der Waals surface area contributed by atoms with Gasteiger partial charge in [0.1, 0.15) is 0 Å². The Kier molecular flexibility index (Phi) is 6.80. The van der Waals surface area contributed by atoms with Gasteiger partial charge >= 0.3 is 0 Å². The number of ether oxygens (including phenoxy) is 1. The van der Waals surface area contributed by atoms with Crippen LogP contribution in [0.25, 0.3) is 0 Å². The lowest BCUT2D eigenvalue weighted by atomic mass is 10.0. The largest absolute Gasteiger partial charge is 0.378 e. The van der Waals surface area contributed by atoms with Gasteiger partial charge < -0.3 is 15.0 Å². The SMILES string of the molecule is CCCCN(CC1CCCN1)C(=O)CC(C)(C)OC. The zero-order chi connectivity index (χ0) is 14.3. The molecule has 1 atom stereocenters. The molecule has 1 aliphatic heterocycles. The van der Waals surface area contributed by atoms with Crippen LogP contribution in [0.4, 0.5) is 0 Å². The van der Waals surface area contributed by atoms with E-state index in [9.17, 15) is 4.79 Å². The lowest BCUT2D eigenvalue weighted by Gasteiger charge is -2.30. The second kappa shape index (κ2) is 7.85. The highest BCUT2D eigenvalue weighted by atomic mass is 16.5. The number of carbonyl (C=O) groups is 1. The van der Waals surface area contributed by atoms with Crippen molar-refractivity contribution in [2.45, 2.75) is 64.5 Å². The summed E-state index contributed by atoms with van der Waals surface area (Å²) in [5.74, 6) is 0.217. The maximum atomic E-state index is 12.4. The summed E-state index contributed by atoms with van der Waals surface area (Å²) in [6, 6.07) is 0.478. The summed E-state index contributed by atoms with van der Waals surface area (Å²) in [5, 5.41) is 3.47. The summed E-state index contributed by atoms with van der Waals surface area (Å²) in [5.41, 5.74) is -0.370. The summed E-state index contributed by atoms with van der Waals surface area (Å²) in [6.45, 7) is 8.90. The standard InChI is InChI=1S/C15H30N2O2/c1-5-6-10-17(12-13-8-7-9-16-13)14(18)11-15(2,3)19-4/h13,16H,5-12H2,1-4H3. The minimum atomic E-state index is -0.370. The maximum absolute atomic E-state index is 12.4. The molecule has 0 aliphatic carbocycles. The summed E-state index contributed by atoms with van der Waals surface area (Å²) >= 11 is 0.